The molecule has 0 aliphatic carbocycles. The Balaban J connectivity index is 1.93. The van der Waals surface area contributed by atoms with E-state index in [4.69, 9.17) is 0 Å². The summed E-state index contributed by atoms with van der Waals surface area (Å²) in [6, 6.07) is 5.38. The molecule has 0 aromatic heterocycles. The first-order valence-corrected chi connectivity index (χ1v) is 8.69. The van der Waals surface area contributed by atoms with E-state index in [9.17, 15) is 8.42 Å². The lowest BCUT2D eigenvalue weighted by Crippen LogP contribution is -2.32. The average molecular weight is 345 g/mol. The number of fused-ring (bicyclic) bond motifs is 1. The van der Waals surface area contributed by atoms with Crippen LogP contribution in [0, 0.1) is 18.8 Å². The molecule has 6 heteroatoms. The van der Waals surface area contributed by atoms with Crippen molar-refractivity contribution in [3.05, 3.63) is 28.2 Å². The van der Waals surface area contributed by atoms with Crippen molar-refractivity contribution in [2.75, 3.05) is 26.2 Å². The molecular formula is C13H17BrN2O2S. The number of halogens is 1. The fraction of sp³-hybridized carbons (Fsp3) is 0.538. The fourth-order valence-corrected chi connectivity index (χ4v) is 5.54. The highest BCUT2D eigenvalue weighted by Gasteiger charge is 2.41. The van der Waals surface area contributed by atoms with Crippen LogP contribution in [0.3, 0.4) is 0 Å². The van der Waals surface area contributed by atoms with Crippen molar-refractivity contribution in [1.29, 1.82) is 0 Å². The minimum atomic E-state index is -3.38. The van der Waals surface area contributed by atoms with E-state index in [0.717, 1.165) is 18.7 Å². The van der Waals surface area contributed by atoms with Gasteiger partial charge in [0.1, 0.15) is 0 Å². The Bertz CT molecular complexity index is 591. The lowest BCUT2D eigenvalue weighted by atomic mass is 10.0. The number of benzene rings is 1. The second-order valence-corrected chi connectivity index (χ2v) is 8.09. The first-order valence-electron chi connectivity index (χ1n) is 6.46. The molecule has 2 fully saturated rings. The molecule has 1 N–H and O–H groups in total. The van der Waals surface area contributed by atoms with Gasteiger partial charge in [0.15, 0.2) is 0 Å². The Kier molecular flexibility index (Phi) is 3.45. The topological polar surface area (TPSA) is 49.4 Å². The molecule has 2 atom stereocenters. The summed E-state index contributed by atoms with van der Waals surface area (Å²) in [5.41, 5.74) is 0.946. The van der Waals surface area contributed by atoms with E-state index in [1.54, 1.807) is 16.4 Å². The summed E-state index contributed by atoms with van der Waals surface area (Å²) >= 11 is 3.41. The standard InChI is InChI=1S/C13H17BrN2O2S/c1-9-3-2-4-12(13(9)14)19(17,18)16-7-10-5-15-6-11(10)8-16/h2-4,10-11,15H,5-8H2,1H3/t10-,11+. The second kappa shape index (κ2) is 4.84. The molecule has 0 spiro atoms. The summed E-state index contributed by atoms with van der Waals surface area (Å²) in [6.45, 7) is 5.06. The zero-order valence-corrected chi connectivity index (χ0v) is 13.2. The van der Waals surface area contributed by atoms with Gasteiger partial charge < -0.3 is 5.32 Å². The molecule has 2 saturated heterocycles. The third kappa shape index (κ3) is 2.24. The maximum atomic E-state index is 12.7. The second-order valence-electron chi connectivity index (χ2n) is 5.39. The van der Waals surface area contributed by atoms with Crippen LogP contribution in [0.2, 0.25) is 0 Å². The molecule has 0 amide bonds. The van der Waals surface area contributed by atoms with E-state index >= 15 is 0 Å². The van der Waals surface area contributed by atoms with Gasteiger partial charge in [0.05, 0.1) is 4.90 Å². The van der Waals surface area contributed by atoms with E-state index < -0.39 is 10.0 Å². The lowest BCUT2D eigenvalue weighted by molar-refractivity contribution is 0.447. The summed E-state index contributed by atoms with van der Waals surface area (Å²) in [7, 11) is -3.38. The Morgan fingerprint density at radius 3 is 2.53 bits per heavy atom. The smallest absolute Gasteiger partial charge is 0.244 e. The van der Waals surface area contributed by atoms with Gasteiger partial charge in [0, 0.05) is 17.6 Å². The number of sulfonamides is 1. The number of hydrogen-bond acceptors (Lipinski definition) is 3. The van der Waals surface area contributed by atoms with Gasteiger partial charge in [-0.05, 0) is 59.4 Å². The molecule has 1 aromatic carbocycles. The van der Waals surface area contributed by atoms with Crippen LogP contribution in [0.1, 0.15) is 5.56 Å². The Hall–Kier alpha value is -0.430. The quantitative estimate of drug-likeness (QED) is 0.886. The SMILES string of the molecule is Cc1cccc(S(=O)(=O)N2C[C@H]3CNC[C@H]3C2)c1Br. The van der Waals surface area contributed by atoms with Crippen molar-refractivity contribution in [3.8, 4) is 0 Å². The van der Waals surface area contributed by atoms with Gasteiger partial charge in [-0.25, -0.2) is 8.42 Å². The van der Waals surface area contributed by atoms with E-state index in [-0.39, 0.29) is 0 Å². The monoisotopic (exact) mass is 344 g/mol. The van der Waals surface area contributed by atoms with Gasteiger partial charge in [-0.2, -0.15) is 4.31 Å². The zero-order valence-electron chi connectivity index (χ0n) is 10.8. The summed E-state index contributed by atoms with van der Waals surface area (Å²) in [5.74, 6) is 0.941. The van der Waals surface area contributed by atoms with Crippen molar-refractivity contribution >= 4 is 26.0 Å². The number of nitrogens with one attached hydrogen (secondary N) is 1. The molecule has 0 bridgehead atoms. The maximum Gasteiger partial charge on any atom is 0.244 e. The van der Waals surface area contributed by atoms with Crippen LogP contribution >= 0.6 is 15.9 Å². The minimum absolute atomic E-state index is 0.389. The summed E-state index contributed by atoms with van der Waals surface area (Å²) in [6.07, 6.45) is 0. The van der Waals surface area contributed by atoms with Crippen LogP contribution in [0.15, 0.2) is 27.6 Å². The summed E-state index contributed by atoms with van der Waals surface area (Å²) in [4.78, 5) is 0.389. The van der Waals surface area contributed by atoms with Crippen LogP contribution in [0.5, 0.6) is 0 Å². The van der Waals surface area contributed by atoms with Gasteiger partial charge in [-0.1, -0.05) is 12.1 Å². The highest BCUT2D eigenvalue weighted by molar-refractivity contribution is 9.10. The largest absolute Gasteiger partial charge is 0.316 e. The number of rotatable bonds is 2. The van der Waals surface area contributed by atoms with Gasteiger partial charge in [-0.3, -0.25) is 0 Å². The van der Waals surface area contributed by atoms with Crippen molar-refractivity contribution in [3.63, 3.8) is 0 Å². The first kappa shape index (κ1) is 13.5. The van der Waals surface area contributed by atoms with Crippen molar-refractivity contribution < 1.29 is 8.42 Å². The molecular weight excluding hydrogens is 328 g/mol. The van der Waals surface area contributed by atoms with Gasteiger partial charge >= 0.3 is 0 Å². The molecule has 3 rings (SSSR count). The predicted molar refractivity (Wildman–Crippen MR) is 77.5 cm³/mol. The third-order valence-corrected chi connectivity index (χ3v) is 7.32. The number of aryl methyl sites for hydroxylation is 1. The lowest BCUT2D eigenvalue weighted by Gasteiger charge is -2.19. The fourth-order valence-electron chi connectivity index (χ4n) is 2.97. The van der Waals surface area contributed by atoms with E-state index in [2.05, 4.69) is 21.2 Å². The Labute approximate surface area is 122 Å². The highest BCUT2D eigenvalue weighted by Crippen LogP contribution is 2.34. The van der Waals surface area contributed by atoms with E-state index in [1.807, 2.05) is 13.0 Å². The molecule has 2 heterocycles. The molecule has 1 aromatic rings. The van der Waals surface area contributed by atoms with Gasteiger partial charge in [0.25, 0.3) is 0 Å². The van der Waals surface area contributed by atoms with Crippen LogP contribution in [0.25, 0.3) is 0 Å². The number of hydrogen-bond donors (Lipinski definition) is 1. The van der Waals surface area contributed by atoms with E-state index in [1.165, 1.54) is 0 Å². The van der Waals surface area contributed by atoms with Crippen LogP contribution in [-0.4, -0.2) is 38.9 Å². The molecule has 2 aliphatic rings. The van der Waals surface area contributed by atoms with Crippen molar-refractivity contribution in [2.24, 2.45) is 11.8 Å². The molecule has 2 aliphatic heterocycles. The van der Waals surface area contributed by atoms with Gasteiger partial charge in [-0.15, -0.1) is 0 Å². The third-order valence-electron chi connectivity index (χ3n) is 4.13. The Morgan fingerprint density at radius 2 is 1.89 bits per heavy atom. The molecule has 0 unspecified atom stereocenters. The molecule has 19 heavy (non-hydrogen) atoms. The highest BCUT2D eigenvalue weighted by atomic mass is 79.9. The van der Waals surface area contributed by atoms with Gasteiger partial charge in [0.2, 0.25) is 10.0 Å². The number of nitrogens with zero attached hydrogens (tertiary/aromatic N) is 1. The maximum absolute atomic E-state index is 12.7. The average Bonchev–Trinajstić information content (AvgIpc) is 2.92. The molecule has 104 valence electrons. The Morgan fingerprint density at radius 1 is 1.26 bits per heavy atom. The zero-order chi connectivity index (χ0) is 13.6. The van der Waals surface area contributed by atoms with Crippen molar-refractivity contribution in [2.45, 2.75) is 11.8 Å². The summed E-state index contributed by atoms with van der Waals surface area (Å²) < 4.78 is 27.8. The summed E-state index contributed by atoms with van der Waals surface area (Å²) in [5, 5.41) is 3.33. The van der Waals surface area contributed by atoms with Crippen LogP contribution in [0.4, 0.5) is 0 Å². The molecule has 0 saturated carbocycles. The first-order chi connectivity index (χ1) is 9.00. The normalized spacial score (nSPS) is 27.7. The van der Waals surface area contributed by atoms with Crippen LogP contribution in [-0.2, 0) is 10.0 Å². The predicted octanol–water partition coefficient (Wildman–Crippen LogP) is 1.60. The van der Waals surface area contributed by atoms with Crippen molar-refractivity contribution in [1.82, 2.24) is 9.62 Å². The van der Waals surface area contributed by atoms with E-state index in [0.29, 0.717) is 34.3 Å². The molecule has 4 nitrogen and oxygen atoms in total. The van der Waals surface area contributed by atoms with Crippen LogP contribution < -0.4 is 5.32 Å². The molecule has 0 radical (unpaired) electrons. The minimum Gasteiger partial charge on any atom is -0.316 e.